The van der Waals surface area contributed by atoms with Crippen molar-refractivity contribution in [2.24, 2.45) is 0 Å². The van der Waals surface area contributed by atoms with Crippen molar-refractivity contribution in [2.75, 3.05) is 22.6 Å². The number of nitro benzene ring substituents is 1. The number of hydrogen-bond acceptors (Lipinski definition) is 5. The number of carbonyl (C=O) groups excluding carboxylic acids is 1. The summed E-state index contributed by atoms with van der Waals surface area (Å²) in [6.07, 6.45) is 3.87. The van der Waals surface area contributed by atoms with Crippen LogP contribution in [0.25, 0.3) is 0 Å². The maximum atomic E-state index is 11.5. The number of nitrogens with one attached hydrogen (secondary N) is 2. The molecular formula is C14H19N3O3S. The van der Waals surface area contributed by atoms with Crippen LogP contribution in [0.5, 0.6) is 0 Å². The average molecular weight is 309 g/mol. The molecule has 1 heterocycles. The Bertz CT molecular complexity index is 563. The molecule has 0 aliphatic carbocycles. The summed E-state index contributed by atoms with van der Waals surface area (Å²) >= 11 is 1.74. The number of fused-ring (bicyclic) bond motifs is 1. The van der Waals surface area contributed by atoms with Gasteiger partial charge in [-0.15, -0.1) is 0 Å². The molecule has 2 N–H and O–H groups in total. The van der Waals surface area contributed by atoms with E-state index in [0.717, 1.165) is 17.7 Å². The molecule has 1 aliphatic rings. The van der Waals surface area contributed by atoms with Crippen LogP contribution in [-0.4, -0.2) is 28.9 Å². The highest BCUT2D eigenvalue weighted by molar-refractivity contribution is 7.98. The van der Waals surface area contributed by atoms with Crippen molar-refractivity contribution in [1.82, 2.24) is 0 Å². The molecule has 114 valence electrons. The Kier molecular flexibility index (Phi) is 5.06. The number of carbonyl (C=O) groups is 1. The van der Waals surface area contributed by atoms with Gasteiger partial charge in [0.05, 0.1) is 4.92 Å². The molecule has 1 atom stereocenters. The van der Waals surface area contributed by atoms with Gasteiger partial charge >= 0.3 is 0 Å². The molecule has 1 aromatic carbocycles. The third-order valence-corrected chi connectivity index (χ3v) is 4.11. The third kappa shape index (κ3) is 3.87. The second-order valence-electron chi connectivity index (χ2n) is 5.16. The summed E-state index contributed by atoms with van der Waals surface area (Å²) in [5, 5.41) is 17.2. The molecule has 0 aromatic heterocycles. The molecule has 7 heteroatoms. The molecular weight excluding hydrogens is 290 g/mol. The number of aryl methyl sites for hydroxylation is 1. The average Bonchev–Trinajstić information content (AvgIpc) is 2.44. The van der Waals surface area contributed by atoms with E-state index in [0.29, 0.717) is 24.2 Å². The fourth-order valence-electron chi connectivity index (χ4n) is 2.31. The van der Waals surface area contributed by atoms with Gasteiger partial charge in [0.1, 0.15) is 5.69 Å². The maximum Gasteiger partial charge on any atom is 0.292 e. The van der Waals surface area contributed by atoms with Gasteiger partial charge in [-0.05, 0) is 43.4 Å². The van der Waals surface area contributed by atoms with E-state index in [1.54, 1.807) is 23.9 Å². The molecule has 0 radical (unpaired) electrons. The molecule has 1 aromatic rings. The summed E-state index contributed by atoms with van der Waals surface area (Å²) in [5.41, 5.74) is 2.04. The van der Waals surface area contributed by atoms with E-state index in [1.807, 2.05) is 13.2 Å². The van der Waals surface area contributed by atoms with Gasteiger partial charge in [0.25, 0.3) is 5.69 Å². The largest absolute Gasteiger partial charge is 0.377 e. The Morgan fingerprint density at radius 2 is 2.24 bits per heavy atom. The zero-order valence-corrected chi connectivity index (χ0v) is 13.0. The second-order valence-corrected chi connectivity index (χ2v) is 6.14. The molecule has 1 amide bonds. The summed E-state index contributed by atoms with van der Waals surface area (Å²) in [4.78, 5) is 22.3. The van der Waals surface area contributed by atoms with Crippen LogP contribution in [0.15, 0.2) is 12.1 Å². The molecule has 21 heavy (non-hydrogen) atoms. The highest BCUT2D eigenvalue weighted by Gasteiger charge is 2.23. The Balaban J connectivity index is 2.27. The summed E-state index contributed by atoms with van der Waals surface area (Å²) in [6, 6.07) is 3.38. The lowest BCUT2D eigenvalue weighted by Gasteiger charge is -2.20. The first-order valence-electron chi connectivity index (χ1n) is 6.88. The molecule has 0 saturated heterocycles. The Morgan fingerprint density at radius 3 is 2.90 bits per heavy atom. The van der Waals surface area contributed by atoms with Crippen LogP contribution in [0.1, 0.15) is 25.3 Å². The number of benzene rings is 1. The van der Waals surface area contributed by atoms with Crippen molar-refractivity contribution < 1.29 is 9.72 Å². The Labute approximate surface area is 127 Å². The summed E-state index contributed by atoms with van der Waals surface area (Å²) in [6.45, 7) is 2.00. The highest BCUT2D eigenvalue weighted by Crippen LogP contribution is 2.34. The van der Waals surface area contributed by atoms with Crippen LogP contribution in [0.2, 0.25) is 0 Å². The zero-order chi connectivity index (χ0) is 15.4. The monoisotopic (exact) mass is 309 g/mol. The minimum Gasteiger partial charge on any atom is -0.377 e. The van der Waals surface area contributed by atoms with Crippen molar-refractivity contribution in [1.29, 1.82) is 0 Å². The van der Waals surface area contributed by atoms with Crippen molar-refractivity contribution in [3.63, 3.8) is 0 Å². The number of hydrogen-bond donors (Lipinski definition) is 2. The van der Waals surface area contributed by atoms with Crippen LogP contribution in [0, 0.1) is 10.1 Å². The van der Waals surface area contributed by atoms with Gasteiger partial charge in [-0.25, -0.2) is 0 Å². The lowest BCUT2D eigenvalue weighted by Crippen LogP contribution is -2.21. The molecule has 0 saturated carbocycles. The predicted octanol–water partition coefficient (Wildman–Crippen LogP) is 3.03. The first-order valence-corrected chi connectivity index (χ1v) is 8.27. The van der Waals surface area contributed by atoms with E-state index in [2.05, 4.69) is 10.6 Å². The number of nitro groups is 1. The second kappa shape index (κ2) is 6.80. The minimum atomic E-state index is -0.375. The normalized spacial score (nSPS) is 15.0. The van der Waals surface area contributed by atoms with Gasteiger partial charge in [0.15, 0.2) is 0 Å². The molecule has 0 fully saturated rings. The van der Waals surface area contributed by atoms with Gasteiger partial charge < -0.3 is 10.6 Å². The number of anilines is 2. The predicted molar refractivity (Wildman–Crippen MR) is 86.1 cm³/mol. The Hall–Kier alpha value is -1.76. The molecule has 0 bridgehead atoms. The van der Waals surface area contributed by atoms with Gasteiger partial charge in [-0.2, -0.15) is 11.8 Å². The first kappa shape index (κ1) is 15.6. The van der Waals surface area contributed by atoms with Gasteiger partial charge in [-0.1, -0.05) is 0 Å². The fraction of sp³-hybridized carbons (Fsp3) is 0.500. The van der Waals surface area contributed by atoms with E-state index in [9.17, 15) is 14.9 Å². The molecule has 2 rings (SSSR count). The van der Waals surface area contributed by atoms with E-state index >= 15 is 0 Å². The maximum absolute atomic E-state index is 11.5. The molecule has 6 nitrogen and oxygen atoms in total. The van der Waals surface area contributed by atoms with Crippen LogP contribution in [0.4, 0.5) is 17.1 Å². The lowest BCUT2D eigenvalue weighted by atomic mass is 10.0. The fourth-order valence-corrected chi connectivity index (χ4v) is 2.90. The summed E-state index contributed by atoms with van der Waals surface area (Å²) in [7, 11) is 0. The smallest absolute Gasteiger partial charge is 0.292 e. The third-order valence-electron chi connectivity index (χ3n) is 3.47. The van der Waals surface area contributed by atoms with Crippen LogP contribution < -0.4 is 10.6 Å². The number of nitrogens with zero attached hydrogens (tertiary/aromatic N) is 1. The van der Waals surface area contributed by atoms with Gasteiger partial charge in [0, 0.05) is 24.2 Å². The van der Waals surface area contributed by atoms with Crippen LogP contribution in [0.3, 0.4) is 0 Å². The molecule has 0 spiro atoms. The van der Waals surface area contributed by atoms with E-state index in [4.69, 9.17) is 0 Å². The topological polar surface area (TPSA) is 84.3 Å². The van der Waals surface area contributed by atoms with Gasteiger partial charge in [0.2, 0.25) is 5.91 Å². The summed E-state index contributed by atoms with van der Waals surface area (Å²) in [5.74, 6) is 0.946. The van der Waals surface area contributed by atoms with Crippen molar-refractivity contribution in [2.45, 2.75) is 32.2 Å². The van der Waals surface area contributed by atoms with E-state index in [-0.39, 0.29) is 22.6 Å². The van der Waals surface area contributed by atoms with Gasteiger partial charge in [-0.3, -0.25) is 14.9 Å². The number of thioether (sulfide) groups is 1. The van der Waals surface area contributed by atoms with E-state index in [1.165, 1.54) is 0 Å². The minimum absolute atomic E-state index is 0.0438. The van der Waals surface area contributed by atoms with E-state index < -0.39 is 0 Å². The lowest BCUT2D eigenvalue weighted by molar-refractivity contribution is -0.384. The number of amides is 1. The summed E-state index contributed by atoms with van der Waals surface area (Å²) < 4.78 is 0. The van der Waals surface area contributed by atoms with Crippen LogP contribution >= 0.6 is 11.8 Å². The quantitative estimate of drug-likeness (QED) is 0.623. The van der Waals surface area contributed by atoms with Crippen LogP contribution in [-0.2, 0) is 11.2 Å². The molecule has 1 aliphatic heterocycles. The van der Waals surface area contributed by atoms with Crippen molar-refractivity contribution in [3.05, 3.63) is 27.8 Å². The Morgan fingerprint density at radius 1 is 1.48 bits per heavy atom. The SMILES string of the molecule is CSCCC(C)Nc1cc2c(cc1[N+](=O)[O-])CCC(=O)N2. The van der Waals surface area contributed by atoms with Crippen molar-refractivity contribution >= 4 is 34.7 Å². The zero-order valence-electron chi connectivity index (χ0n) is 12.1. The standard InChI is InChI=1S/C14H19N3O3S/c1-9(5-6-21-2)15-12-8-11-10(3-4-14(18)16-11)7-13(12)17(19)20/h7-9,15H,3-6H2,1-2H3,(H,16,18). The van der Waals surface area contributed by atoms with Crippen molar-refractivity contribution in [3.8, 4) is 0 Å². The molecule has 1 unspecified atom stereocenters. The first-order chi connectivity index (χ1) is 10.0. The number of rotatable bonds is 6. The highest BCUT2D eigenvalue weighted by atomic mass is 32.2.